The largest absolute Gasteiger partial charge is 0.494 e. The number of nitrogens with two attached hydrogens (primary N) is 1. The van der Waals surface area contributed by atoms with Gasteiger partial charge in [0.05, 0.1) is 18.3 Å². The van der Waals surface area contributed by atoms with E-state index < -0.39 is 17.7 Å². The predicted octanol–water partition coefficient (Wildman–Crippen LogP) is 6.75. The van der Waals surface area contributed by atoms with Gasteiger partial charge in [-0.2, -0.15) is 0 Å². The molecule has 4 aromatic carbocycles. The molecule has 37 heavy (non-hydrogen) atoms. The van der Waals surface area contributed by atoms with Crippen molar-refractivity contribution in [1.29, 1.82) is 0 Å². The Balaban J connectivity index is 1.41. The van der Waals surface area contributed by atoms with Crippen molar-refractivity contribution < 1.29 is 23.0 Å². The minimum Gasteiger partial charge on any atom is -0.494 e. The number of carbonyl (C=O) groups excluding carboxylic acids is 1. The summed E-state index contributed by atoms with van der Waals surface area (Å²) in [5, 5.41) is 7.52. The summed E-state index contributed by atoms with van der Waals surface area (Å²) in [6, 6.07) is 21.4. The van der Waals surface area contributed by atoms with Crippen LogP contribution in [0.4, 0.5) is 36.3 Å². The lowest BCUT2D eigenvalue weighted by Gasteiger charge is -2.16. The topological polar surface area (TPSA) is 98.5 Å². The molecule has 9 heteroatoms. The van der Waals surface area contributed by atoms with Crippen LogP contribution in [0.3, 0.4) is 0 Å². The molecule has 7 nitrogen and oxygen atoms in total. The van der Waals surface area contributed by atoms with Gasteiger partial charge in [-0.05, 0) is 48.0 Å². The average Bonchev–Trinajstić information content (AvgIpc) is 2.86. The van der Waals surface area contributed by atoms with Crippen molar-refractivity contribution >= 4 is 50.6 Å². The molecular formula is C28H22F2N4O3. The highest BCUT2D eigenvalue weighted by Crippen LogP contribution is 2.37. The van der Waals surface area contributed by atoms with Gasteiger partial charge in [0.25, 0.3) is 0 Å². The zero-order valence-electron chi connectivity index (χ0n) is 19.7. The van der Waals surface area contributed by atoms with Gasteiger partial charge in [-0.1, -0.05) is 30.3 Å². The third kappa shape index (κ3) is 5.20. The maximum Gasteiger partial charge on any atom is 0.411 e. The Morgan fingerprint density at radius 3 is 2.46 bits per heavy atom. The number of rotatable bonds is 6. The van der Waals surface area contributed by atoms with Crippen LogP contribution in [0.15, 0.2) is 78.9 Å². The zero-order chi connectivity index (χ0) is 25.9. The molecule has 1 heterocycles. The number of para-hydroxylation sites is 2. The number of nitrogens with one attached hydrogen (secondary N) is 2. The highest BCUT2D eigenvalue weighted by molar-refractivity contribution is 6.10. The summed E-state index contributed by atoms with van der Waals surface area (Å²) in [6.07, 6.45) is -0.861. The van der Waals surface area contributed by atoms with Crippen LogP contribution in [0.2, 0.25) is 0 Å². The molecule has 0 spiro atoms. The third-order valence-corrected chi connectivity index (χ3v) is 5.66. The standard InChI is InChI=1S/C28H22F2N4O3/c1-36-25-8-4-6-23-26(22-5-2-3-7-24(22)34-27(23)25)32-20-10-16(9-19(31)14-20)15-37-28(35)33-21-12-17(29)11-18(30)13-21/h2-14H,15,31H2,1H3,(H,32,34)(H,33,35). The van der Waals surface area contributed by atoms with E-state index in [9.17, 15) is 13.6 Å². The molecule has 0 bridgehead atoms. The van der Waals surface area contributed by atoms with Gasteiger partial charge in [0.2, 0.25) is 0 Å². The molecule has 186 valence electrons. The van der Waals surface area contributed by atoms with Crippen molar-refractivity contribution in [2.45, 2.75) is 6.61 Å². The van der Waals surface area contributed by atoms with Crippen LogP contribution >= 0.6 is 0 Å². The Morgan fingerprint density at radius 1 is 0.919 bits per heavy atom. The Hall–Kier alpha value is -4.92. The number of pyridine rings is 1. The molecule has 0 fully saturated rings. The molecule has 1 amide bonds. The molecular weight excluding hydrogens is 478 g/mol. The van der Waals surface area contributed by atoms with Gasteiger partial charge < -0.3 is 20.5 Å². The third-order valence-electron chi connectivity index (χ3n) is 5.66. The molecule has 0 aliphatic carbocycles. The van der Waals surface area contributed by atoms with Crippen molar-refractivity contribution in [3.05, 3.63) is 96.1 Å². The number of halogens is 2. The normalized spacial score (nSPS) is 10.9. The van der Waals surface area contributed by atoms with Crippen LogP contribution in [-0.4, -0.2) is 18.2 Å². The lowest BCUT2D eigenvalue weighted by Crippen LogP contribution is -2.14. The number of benzene rings is 4. The molecule has 0 aliphatic rings. The minimum absolute atomic E-state index is 0.0516. The molecule has 0 aliphatic heterocycles. The van der Waals surface area contributed by atoms with Crippen molar-refractivity contribution in [3.8, 4) is 5.75 Å². The van der Waals surface area contributed by atoms with Gasteiger partial charge in [0, 0.05) is 33.9 Å². The number of methoxy groups -OCH3 is 1. The first kappa shape index (κ1) is 23.8. The summed E-state index contributed by atoms with van der Waals surface area (Å²) in [4.78, 5) is 17.0. The van der Waals surface area contributed by atoms with Gasteiger partial charge in [-0.15, -0.1) is 0 Å². The Morgan fingerprint density at radius 2 is 1.68 bits per heavy atom. The molecule has 5 rings (SSSR count). The van der Waals surface area contributed by atoms with E-state index in [-0.39, 0.29) is 12.3 Å². The number of fused-ring (bicyclic) bond motifs is 2. The van der Waals surface area contributed by atoms with E-state index in [1.807, 2.05) is 42.5 Å². The second-order valence-electron chi connectivity index (χ2n) is 8.31. The second kappa shape index (κ2) is 9.98. The number of amides is 1. The summed E-state index contributed by atoms with van der Waals surface area (Å²) in [5.41, 5.74) is 10.2. The second-order valence-corrected chi connectivity index (χ2v) is 8.31. The van der Waals surface area contributed by atoms with E-state index in [4.69, 9.17) is 20.2 Å². The highest BCUT2D eigenvalue weighted by atomic mass is 19.1. The number of carbonyl (C=O) groups is 1. The first-order valence-corrected chi connectivity index (χ1v) is 11.3. The number of aromatic nitrogens is 1. The van der Waals surface area contributed by atoms with Crippen LogP contribution in [-0.2, 0) is 11.3 Å². The molecule has 0 atom stereocenters. The van der Waals surface area contributed by atoms with Gasteiger partial charge >= 0.3 is 6.09 Å². The summed E-state index contributed by atoms with van der Waals surface area (Å²) in [7, 11) is 1.60. The van der Waals surface area contributed by atoms with Gasteiger partial charge in [0.15, 0.2) is 0 Å². The molecule has 0 unspecified atom stereocenters. The van der Waals surface area contributed by atoms with E-state index in [1.54, 1.807) is 25.3 Å². The van der Waals surface area contributed by atoms with E-state index >= 15 is 0 Å². The van der Waals surface area contributed by atoms with Crippen LogP contribution in [0.1, 0.15) is 5.56 Å². The fraction of sp³-hybridized carbons (Fsp3) is 0.0714. The summed E-state index contributed by atoms with van der Waals surface area (Å²) >= 11 is 0. The Bertz CT molecular complexity index is 1620. The van der Waals surface area contributed by atoms with E-state index in [0.29, 0.717) is 34.3 Å². The van der Waals surface area contributed by atoms with E-state index in [1.165, 1.54) is 0 Å². The van der Waals surface area contributed by atoms with Crippen molar-refractivity contribution in [2.24, 2.45) is 0 Å². The lowest BCUT2D eigenvalue weighted by atomic mass is 10.1. The Labute approximate surface area is 210 Å². The molecule has 0 radical (unpaired) electrons. The SMILES string of the molecule is COc1cccc2c(Nc3cc(N)cc(COC(=O)Nc4cc(F)cc(F)c4)c3)c3ccccc3nc12. The Kier molecular flexibility index (Phi) is 6.42. The first-order chi connectivity index (χ1) is 17.9. The predicted molar refractivity (Wildman–Crippen MR) is 140 cm³/mol. The fourth-order valence-electron chi connectivity index (χ4n) is 4.13. The lowest BCUT2D eigenvalue weighted by molar-refractivity contribution is 0.155. The van der Waals surface area contributed by atoms with Crippen LogP contribution < -0.4 is 21.1 Å². The van der Waals surface area contributed by atoms with Crippen molar-refractivity contribution in [1.82, 2.24) is 4.98 Å². The van der Waals surface area contributed by atoms with Gasteiger partial charge in [-0.25, -0.2) is 18.6 Å². The molecule has 1 aromatic heterocycles. The highest BCUT2D eigenvalue weighted by Gasteiger charge is 2.14. The monoisotopic (exact) mass is 500 g/mol. The average molecular weight is 501 g/mol. The van der Waals surface area contributed by atoms with Crippen molar-refractivity contribution in [2.75, 3.05) is 23.5 Å². The van der Waals surface area contributed by atoms with Crippen LogP contribution in [0, 0.1) is 11.6 Å². The van der Waals surface area contributed by atoms with Crippen LogP contribution in [0.25, 0.3) is 21.8 Å². The van der Waals surface area contributed by atoms with Crippen molar-refractivity contribution in [3.63, 3.8) is 0 Å². The number of nitrogen functional groups attached to an aromatic ring is 1. The van der Waals surface area contributed by atoms with Gasteiger partial charge in [-0.3, -0.25) is 5.32 Å². The molecule has 0 saturated carbocycles. The fourth-order valence-corrected chi connectivity index (χ4v) is 4.13. The number of anilines is 4. The van der Waals surface area contributed by atoms with Gasteiger partial charge in [0.1, 0.15) is 29.5 Å². The summed E-state index contributed by atoms with van der Waals surface area (Å²) in [6.45, 7) is -0.116. The molecule has 4 N–H and O–H groups in total. The zero-order valence-corrected chi connectivity index (χ0v) is 19.7. The van der Waals surface area contributed by atoms with Crippen LogP contribution in [0.5, 0.6) is 5.75 Å². The maximum absolute atomic E-state index is 13.4. The van der Waals surface area contributed by atoms with E-state index in [2.05, 4.69) is 10.6 Å². The number of hydrogen-bond donors (Lipinski definition) is 3. The number of hydrogen-bond acceptors (Lipinski definition) is 6. The van der Waals surface area contributed by atoms with E-state index in [0.717, 1.165) is 34.1 Å². The minimum atomic E-state index is -0.861. The first-order valence-electron chi connectivity index (χ1n) is 11.3. The number of ether oxygens (including phenoxy) is 2. The quantitative estimate of drug-likeness (QED) is 0.176. The number of nitrogens with zero attached hydrogens (tertiary/aromatic N) is 1. The summed E-state index contributed by atoms with van der Waals surface area (Å²) < 4.78 is 37.5. The molecule has 0 saturated heterocycles. The molecule has 5 aromatic rings. The smallest absolute Gasteiger partial charge is 0.411 e. The summed E-state index contributed by atoms with van der Waals surface area (Å²) in [5.74, 6) is -0.969. The maximum atomic E-state index is 13.4.